The fourth-order valence-electron chi connectivity index (χ4n) is 3.82. The van der Waals surface area contributed by atoms with E-state index in [0.717, 1.165) is 12.8 Å². The van der Waals surface area contributed by atoms with E-state index in [1.165, 1.54) is 5.56 Å². The predicted octanol–water partition coefficient (Wildman–Crippen LogP) is 2.61. The maximum absolute atomic E-state index is 11.6. The Morgan fingerprint density at radius 1 is 1.36 bits per heavy atom. The maximum Gasteiger partial charge on any atom is 0.336 e. The predicted molar refractivity (Wildman–Crippen MR) is 106 cm³/mol. The Kier molecular flexibility index (Phi) is 6.69. The van der Waals surface area contributed by atoms with Gasteiger partial charge in [0.1, 0.15) is 6.10 Å². The van der Waals surface area contributed by atoms with Crippen molar-refractivity contribution in [2.24, 2.45) is 11.8 Å². The summed E-state index contributed by atoms with van der Waals surface area (Å²) >= 11 is 0. The minimum atomic E-state index is -0.499. The zero-order valence-corrected chi connectivity index (χ0v) is 16.5. The van der Waals surface area contributed by atoms with Crippen LogP contribution in [0.3, 0.4) is 0 Å². The Hall–Kier alpha value is -0.725. The zero-order valence-electron chi connectivity index (χ0n) is 14.2. The van der Waals surface area contributed by atoms with Crippen molar-refractivity contribution in [3.05, 3.63) is 48.0 Å². The fraction of sp³-hybridized carbons (Fsp3) is 0.500. The van der Waals surface area contributed by atoms with Gasteiger partial charge >= 0.3 is 12.3 Å². The van der Waals surface area contributed by atoms with Crippen LogP contribution < -0.4 is 0 Å². The summed E-state index contributed by atoms with van der Waals surface area (Å²) < 4.78 is 11.4. The third-order valence-corrected chi connectivity index (χ3v) is 5.32. The Labute approximate surface area is 154 Å². The van der Waals surface area contributed by atoms with E-state index in [9.17, 15) is 9.90 Å². The highest BCUT2D eigenvalue weighted by molar-refractivity contribution is 7.92. The number of fused-ring (bicyclic) bond motifs is 1. The highest BCUT2D eigenvalue weighted by atomic mass is 31.1. The molecule has 2 unspecified atom stereocenters. The molecule has 1 aliphatic heterocycles. The van der Waals surface area contributed by atoms with Crippen LogP contribution in [0.5, 0.6) is 0 Å². The summed E-state index contributed by atoms with van der Waals surface area (Å²) in [6, 6.07) is 10.2. The summed E-state index contributed by atoms with van der Waals surface area (Å²) in [4.78, 5) is 11.6. The molecular formula is C18H25BO4P2. The lowest BCUT2D eigenvalue weighted by Crippen LogP contribution is -2.24. The molecule has 134 valence electrons. The molecule has 0 bridgehead atoms. The summed E-state index contributed by atoms with van der Waals surface area (Å²) in [6.07, 6.45) is 6.01. The number of rotatable bonds is 7. The number of carbonyl (C=O) groups excluding carboxylic acids is 1. The average Bonchev–Trinajstić information content (AvgIpc) is 3.07. The van der Waals surface area contributed by atoms with E-state index in [2.05, 4.69) is 30.4 Å². The molecule has 7 heteroatoms. The summed E-state index contributed by atoms with van der Waals surface area (Å²) in [5.41, 5.74) is 1.22. The Balaban J connectivity index is 1.59. The number of hydrogen-bond donors (Lipinski definition) is 1. The van der Waals surface area contributed by atoms with Crippen molar-refractivity contribution < 1.29 is 19.3 Å². The molecule has 1 saturated carbocycles. The number of benzene rings is 1. The lowest BCUT2D eigenvalue weighted by atomic mass is 9.91. The molecule has 7 atom stereocenters. The maximum atomic E-state index is 11.6. The van der Waals surface area contributed by atoms with E-state index in [-0.39, 0.29) is 36.4 Å². The van der Waals surface area contributed by atoms with Crippen molar-refractivity contribution in [2.75, 3.05) is 0 Å². The van der Waals surface area contributed by atoms with Gasteiger partial charge in [0.25, 0.3) is 0 Å². The van der Waals surface area contributed by atoms with Gasteiger partial charge in [-0.2, -0.15) is 0 Å². The van der Waals surface area contributed by atoms with Gasteiger partial charge in [0, 0.05) is 18.3 Å². The first-order chi connectivity index (χ1) is 12.0. The summed E-state index contributed by atoms with van der Waals surface area (Å²) in [7, 11) is 5.22. The molecule has 0 amide bonds. The van der Waals surface area contributed by atoms with E-state index < -0.39 is 6.10 Å². The van der Waals surface area contributed by atoms with Gasteiger partial charge in [-0.05, 0) is 18.4 Å². The minimum Gasteiger partial charge on any atom is -0.462 e. The average molecular weight is 378 g/mol. The standard InChI is InChI=1S/C18H25BO4P2/c20-13(7-6-12-4-2-1-3-5-12)8-9-14-15-10-18(21)22-16(15)11-17(14)23-19(24)25/h1-5,8-9,13-17,20H,6-7,10-11,24-25H2/t13-,14-,15-,16+,17-/m1/s1. The van der Waals surface area contributed by atoms with E-state index in [1.54, 1.807) is 0 Å². The van der Waals surface area contributed by atoms with Crippen molar-refractivity contribution in [3.63, 3.8) is 0 Å². The second-order valence-corrected chi connectivity index (χ2v) is 8.91. The summed E-state index contributed by atoms with van der Waals surface area (Å²) in [5, 5.41) is 10.3. The lowest BCUT2D eigenvalue weighted by Gasteiger charge is -2.22. The number of esters is 1. The molecule has 0 spiro atoms. The SMILES string of the molecule is O=C1C[C@@H]2[C@@H](C=C[C@H](O)CCc3ccccc3)[C@H](OB(P)P)C[C@@H]2O1. The number of aliphatic hydroxyl groups excluding tert-OH is 1. The third-order valence-electron chi connectivity index (χ3n) is 5.01. The van der Waals surface area contributed by atoms with E-state index in [1.807, 2.05) is 30.4 Å². The van der Waals surface area contributed by atoms with Crippen molar-refractivity contribution in [1.29, 1.82) is 0 Å². The van der Waals surface area contributed by atoms with Crippen LogP contribution in [0.4, 0.5) is 0 Å². The van der Waals surface area contributed by atoms with Gasteiger partial charge in [-0.1, -0.05) is 42.5 Å². The molecule has 0 aromatic heterocycles. The largest absolute Gasteiger partial charge is 0.462 e. The van der Waals surface area contributed by atoms with Crippen LogP contribution in [0, 0.1) is 11.8 Å². The first-order valence-electron chi connectivity index (χ1n) is 8.79. The molecule has 1 saturated heterocycles. The zero-order chi connectivity index (χ0) is 17.8. The van der Waals surface area contributed by atoms with Crippen molar-refractivity contribution in [3.8, 4) is 0 Å². The summed E-state index contributed by atoms with van der Waals surface area (Å²) in [5.74, 6) is 0.139. The van der Waals surface area contributed by atoms with Crippen LogP contribution in [0.1, 0.15) is 24.8 Å². The minimum absolute atomic E-state index is 0.0145. The van der Waals surface area contributed by atoms with E-state index in [0.29, 0.717) is 12.8 Å². The number of carbonyl (C=O) groups is 1. The van der Waals surface area contributed by atoms with Crippen LogP contribution in [-0.4, -0.2) is 35.7 Å². The quantitative estimate of drug-likeness (QED) is 0.343. The van der Waals surface area contributed by atoms with Gasteiger partial charge in [-0.25, -0.2) is 0 Å². The highest BCUT2D eigenvalue weighted by Gasteiger charge is 2.49. The van der Waals surface area contributed by atoms with Gasteiger partial charge in [-0.15, -0.1) is 18.2 Å². The van der Waals surface area contributed by atoms with E-state index in [4.69, 9.17) is 9.39 Å². The second kappa shape index (κ2) is 8.78. The number of aryl methyl sites for hydroxylation is 1. The highest BCUT2D eigenvalue weighted by Crippen LogP contribution is 2.44. The Bertz CT molecular complexity index is 610. The number of hydrogen-bond acceptors (Lipinski definition) is 4. The Morgan fingerprint density at radius 2 is 2.12 bits per heavy atom. The molecular weight excluding hydrogens is 353 g/mol. The second-order valence-electron chi connectivity index (χ2n) is 6.83. The Morgan fingerprint density at radius 3 is 2.84 bits per heavy atom. The van der Waals surface area contributed by atoms with Crippen molar-refractivity contribution >= 4 is 30.6 Å². The molecule has 1 aliphatic carbocycles. The van der Waals surface area contributed by atoms with Gasteiger partial charge < -0.3 is 14.5 Å². The third kappa shape index (κ3) is 5.14. The molecule has 1 N–H and O–H groups in total. The van der Waals surface area contributed by atoms with Crippen LogP contribution in [0.2, 0.25) is 0 Å². The molecule has 4 nitrogen and oxygen atoms in total. The van der Waals surface area contributed by atoms with Crippen LogP contribution in [0.25, 0.3) is 0 Å². The fourth-order valence-corrected chi connectivity index (χ4v) is 4.23. The molecule has 2 aliphatic rings. The molecule has 1 aromatic rings. The molecule has 1 aromatic carbocycles. The van der Waals surface area contributed by atoms with Gasteiger partial charge in [0.05, 0.1) is 18.6 Å². The summed E-state index contributed by atoms with van der Waals surface area (Å²) in [6.45, 7) is 0. The molecule has 0 radical (unpaired) electrons. The smallest absolute Gasteiger partial charge is 0.336 e. The topological polar surface area (TPSA) is 55.8 Å². The van der Waals surface area contributed by atoms with Gasteiger partial charge in [0.2, 0.25) is 0 Å². The van der Waals surface area contributed by atoms with Crippen LogP contribution >= 0.6 is 18.2 Å². The number of ether oxygens (including phenoxy) is 1. The van der Waals surface area contributed by atoms with Crippen molar-refractivity contribution in [2.45, 2.75) is 44.0 Å². The molecule has 3 rings (SSSR count). The molecule has 2 fully saturated rings. The number of aliphatic hydroxyl groups is 1. The lowest BCUT2D eigenvalue weighted by molar-refractivity contribution is -0.141. The first-order valence-corrected chi connectivity index (χ1v) is 10.1. The monoisotopic (exact) mass is 378 g/mol. The molecule has 1 heterocycles. The van der Waals surface area contributed by atoms with Gasteiger partial charge in [0.15, 0.2) is 0 Å². The van der Waals surface area contributed by atoms with Crippen molar-refractivity contribution in [1.82, 2.24) is 0 Å². The molecule has 25 heavy (non-hydrogen) atoms. The first kappa shape index (κ1) is 19.0. The van der Waals surface area contributed by atoms with Crippen LogP contribution in [0.15, 0.2) is 42.5 Å². The normalized spacial score (nSPS) is 29.6. The van der Waals surface area contributed by atoms with Crippen LogP contribution in [-0.2, 0) is 20.6 Å². The van der Waals surface area contributed by atoms with E-state index >= 15 is 0 Å². The van der Waals surface area contributed by atoms with Gasteiger partial charge in [-0.3, -0.25) is 4.79 Å².